The zero-order valence-corrected chi connectivity index (χ0v) is 12.2. The van der Waals surface area contributed by atoms with Gasteiger partial charge < -0.3 is 9.47 Å². The molecule has 2 unspecified atom stereocenters. The molecular formula is C16H22O3. The summed E-state index contributed by atoms with van der Waals surface area (Å²) < 4.78 is 11.0. The molecule has 1 fully saturated rings. The summed E-state index contributed by atoms with van der Waals surface area (Å²) in [6.07, 6.45) is 1.81. The summed E-state index contributed by atoms with van der Waals surface area (Å²) in [5.74, 6) is 1.08. The van der Waals surface area contributed by atoms with Crippen LogP contribution >= 0.6 is 0 Å². The van der Waals surface area contributed by atoms with E-state index >= 15 is 0 Å². The van der Waals surface area contributed by atoms with E-state index in [9.17, 15) is 4.79 Å². The summed E-state index contributed by atoms with van der Waals surface area (Å²) >= 11 is 0. The molecule has 0 radical (unpaired) electrons. The highest BCUT2D eigenvalue weighted by Gasteiger charge is 2.33. The molecule has 0 aromatic heterocycles. The largest absolute Gasteiger partial charge is 0.496 e. The standard InChI is InChI=1S/C16H22O3/c1-5-14-13(6-7-19-14)15(17)12-8-10(2)16(18-4)11(3)9-12/h8-9,13-14H,5-7H2,1-4H3. The Kier molecular flexibility index (Phi) is 4.25. The lowest BCUT2D eigenvalue weighted by Crippen LogP contribution is -2.24. The predicted molar refractivity (Wildman–Crippen MR) is 74.9 cm³/mol. The first-order chi connectivity index (χ1) is 9.08. The number of hydrogen-bond donors (Lipinski definition) is 0. The Bertz CT molecular complexity index is 456. The van der Waals surface area contributed by atoms with Gasteiger partial charge in [-0.2, -0.15) is 0 Å². The molecule has 1 aromatic rings. The fraction of sp³-hybridized carbons (Fsp3) is 0.562. The number of rotatable bonds is 4. The van der Waals surface area contributed by atoms with Crippen molar-refractivity contribution in [3.05, 3.63) is 28.8 Å². The second-order valence-corrected chi connectivity index (χ2v) is 5.22. The maximum atomic E-state index is 12.6. The fourth-order valence-electron chi connectivity index (χ4n) is 2.98. The van der Waals surface area contributed by atoms with Crippen LogP contribution in [0.25, 0.3) is 0 Å². The van der Waals surface area contributed by atoms with Gasteiger partial charge in [-0.1, -0.05) is 6.92 Å². The molecular weight excluding hydrogens is 240 g/mol. The van der Waals surface area contributed by atoms with Crippen LogP contribution in [0.5, 0.6) is 5.75 Å². The molecule has 0 saturated carbocycles. The van der Waals surface area contributed by atoms with E-state index in [4.69, 9.17) is 9.47 Å². The number of carbonyl (C=O) groups excluding carboxylic acids is 1. The second kappa shape index (κ2) is 5.74. The van der Waals surface area contributed by atoms with Crippen molar-refractivity contribution in [3.63, 3.8) is 0 Å². The van der Waals surface area contributed by atoms with Gasteiger partial charge >= 0.3 is 0 Å². The monoisotopic (exact) mass is 262 g/mol. The number of ether oxygens (including phenoxy) is 2. The number of Topliss-reactive ketones (excluding diaryl/α,β-unsaturated/α-hetero) is 1. The van der Waals surface area contributed by atoms with E-state index in [2.05, 4.69) is 6.92 Å². The van der Waals surface area contributed by atoms with Crippen molar-refractivity contribution in [2.75, 3.05) is 13.7 Å². The van der Waals surface area contributed by atoms with E-state index in [0.717, 1.165) is 35.3 Å². The predicted octanol–water partition coefficient (Wildman–Crippen LogP) is 3.31. The number of carbonyl (C=O) groups is 1. The van der Waals surface area contributed by atoms with E-state index in [-0.39, 0.29) is 17.8 Å². The molecule has 0 bridgehead atoms. The van der Waals surface area contributed by atoms with Crippen molar-refractivity contribution in [1.29, 1.82) is 0 Å². The van der Waals surface area contributed by atoms with Gasteiger partial charge in [0.05, 0.1) is 19.1 Å². The van der Waals surface area contributed by atoms with Crippen molar-refractivity contribution in [3.8, 4) is 5.75 Å². The fourth-order valence-corrected chi connectivity index (χ4v) is 2.98. The average molecular weight is 262 g/mol. The van der Waals surface area contributed by atoms with Gasteiger partial charge in [-0.15, -0.1) is 0 Å². The SMILES string of the molecule is CCC1OCCC1C(=O)c1cc(C)c(OC)c(C)c1. The summed E-state index contributed by atoms with van der Waals surface area (Å²) in [6, 6.07) is 3.86. The molecule has 2 rings (SSSR count). The van der Waals surface area contributed by atoms with Gasteiger partial charge in [0.1, 0.15) is 5.75 Å². The number of methoxy groups -OCH3 is 1. The van der Waals surface area contributed by atoms with Crippen LogP contribution in [0.1, 0.15) is 41.3 Å². The van der Waals surface area contributed by atoms with Crippen molar-refractivity contribution in [2.24, 2.45) is 5.92 Å². The third-order valence-corrected chi connectivity index (χ3v) is 3.90. The molecule has 1 heterocycles. The Hall–Kier alpha value is -1.35. The Morgan fingerprint density at radius 2 is 2.00 bits per heavy atom. The highest BCUT2D eigenvalue weighted by atomic mass is 16.5. The highest BCUT2D eigenvalue weighted by Crippen LogP contribution is 2.30. The van der Waals surface area contributed by atoms with E-state index in [0.29, 0.717) is 6.61 Å². The molecule has 0 N–H and O–H groups in total. The average Bonchev–Trinajstić information content (AvgIpc) is 2.85. The quantitative estimate of drug-likeness (QED) is 0.781. The topological polar surface area (TPSA) is 35.5 Å². The Morgan fingerprint density at radius 1 is 1.37 bits per heavy atom. The van der Waals surface area contributed by atoms with Crippen LogP contribution in [0.15, 0.2) is 12.1 Å². The van der Waals surface area contributed by atoms with Gasteiger partial charge in [-0.3, -0.25) is 4.79 Å². The highest BCUT2D eigenvalue weighted by molar-refractivity contribution is 5.99. The summed E-state index contributed by atoms with van der Waals surface area (Å²) in [5, 5.41) is 0. The van der Waals surface area contributed by atoms with Crippen LogP contribution in [-0.2, 0) is 4.74 Å². The van der Waals surface area contributed by atoms with Crippen molar-refractivity contribution >= 4 is 5.78 Å². The zero-order valence-electron chi connectivity index (χ0n) is 12.2. The summed E-state index contributed by atoms with van der Waals surface area (Å²) in [7, 11) is 1.66. The van der Waals surface area contributed by atoms with Crippen LogP contribution in [0.4, 0.5) is 0 Å². The first-order valence-corrected chi connectivity index (χ1v) is 6.89. The Labute approximate surface area is 114 Å². The van der Waals surface area contributed by atoms with E-state index in [1.54, 1.807) is 7.11 Å². The minimum absolute atomic E-state index is 0.0113. The van der Waals surface area contributed by atoms with E-state index in [1.165, 1.54) is 0 Å². The van der Waals surface area contributed by atoms with Gasteiger partial charge in [-0.25, -0.2) is 0 Å². The second-order valence-electron chi connectivity index (χ2n) is 5.22. The lowest BCUT2D eigenvalue weighted by molar-refractivity contribution is 0.0689. The molecule has 1 saturated heterocycles. The molecule has 104 valence electrons. The van der Waals surface area contributed by atoms with Crippen LogP contribution in [0.3, 0.4) is 0 Å². The van der Waals surface area contributed by atoms with E-state index < -0.39 is 0 Å². The van der Waals surface area contributed by atoms with Gasteiger partial charge in [0.15, 0.2) is 5.78 Å². The maximum absolute atomic E-state index is 12.6. The minimum atomic E-state index is 0.0113. The lowest BCUT2D eigenvalue weighted by Gasteiger charge is -2.17. The van der Waals surface area contributed by atoms with Gasteiger partial charge in [0.25, 0.3) is 0 Å². The van der Waals surface area contributed by atoms with Crippen LogP contribution < -0.4 is 4.74 Å². The number of ketones is 1. The molecule has 0 aliphatic carbocycles. The van der Waals surface area contributed by atoms with E-state index in [1.807, 2.05) is 26.0 Å². The third kappa shape index (κ3) is 2.66. The van der Waals surface area contributed by atoms with Crippen molar-refractivity contribution in [1.82, 2.24) is 0 Å². The molecule has 1 aliphatic heterocycles. The molecule has 3 nitrogen and oxygen atoms in total. The summed E-state index contributed by atoms with van der Waals surface area (Å²) in [6.45, 7) is 6.72. The van der Waals surface area contributed by atoms with Crippen molar-refractivity contribution in [2.45, 2.75) is 39.7 Å². The Balaban J connectivity index is 2.29. The van der Waals surface area contributed by atoms with Crippen LogP contribution in [0, 0.1) is 19.8 Å². The molecule has 2 atom stereocenters. The normalized spacial score (nSPS) is 22.5. The number of hydrogen-bond acceptors (Lipinski definition) is 3. The number of aryl methyl sites for hydroxylation is 2. The first-order valence-electron chi connectivity index (χ1n) is 6.89. The lowest BCUT2D eigenvalue weighted by atomic mass is 9.89. The van der Waals surface area contributed by atoms with Crippen LogP contribution in [-0.4, -0.2) is 25.6 Å². The summed E-state index contributed by atoms with van der Waals surface area (Å²) in [5.41, 5.74) is 2.81. The van der Waals surface area contributed by atoms with Crippen molar-refractivity contribution < 1.29 is 14.3 Å². The molecule has 0 amide bonds. The summed E-state index contributed by atoms with van der Waals surface area (Å²) in [4.78, 5) is 12.6. The zero-order chi connectivity index (χ0) is 14.0. The Morgan fingerprint density at radius 3 is 2.53 bits per heavy atom. The molecule has 3 heteroatoms. The third-order valence-electron chi connectivity index (χ3n) is 3.90. The first kappa shape index (κ1) is 14.1. The molecule has 0 spiro atoms. The minimum Gasteiger partial charge on any atom is -0.496 e. The smallest absolute Gasteiger partial charge is 0.168 e. The molecule has 1 aromatic carbocycles. The molecule has 1 aliphatic rings. The number of benzene rings is 1. The van der Waals surface area contributed by atoms with Gasteiger partial charge in [-0.05, 0) is 49.9 Å². The van der Waals surface area contributed by atoms with Crippen LogP contribution in [0.2, 0.25) is 0 Å². The molecule has 19 heavy (non-hydrogen) atoms. The maximum Gasteiger partial charge on any atom is 0.168 e. The van der Waals surface area contributed by atoms with Gasteiger partial charge in [0, 0.05) is 12.2 Å². The van der Waals surface area contributed by atoms with Gasteiger partial charge in [0.2, 0.25) is 0 Å².